The molecule has 7 heteroatoms. The van der Waals surface area contributed by atoms with Gasteiger partial charge in [0.15, 0.2) is 0 Å². The van der Waals surface area contributed by atoms with Gasteiger partial charge in [-0.15, -0.1) is 0 Å². The van der Waals surface area contributed by atoms with Crippen LogP contribution in [0.1, 0.15) is 31.1 Å². The molecule has 0 saturated heterocycles. The first-order valence-electron chi connectivity index (χ1n) is 5.08. The van der Waals surface area contributed by atoms with E-state index in [2.05, 4.69) is 20.7 Å². The fourth-order valence-electron chi connectivity index (χ4n) is 1.29. The standard InChI is InChI=1S/C11H14BrNO4S/c1-11(2,3)13-18(16,17)7-4-5-9(12)8(6-7)10(14)15/h4-6,13H,1-3H3,(H,14,15)/p-1. The average molecular weight is 335 g/mol. The molecule has 1 rings (SSSR count). The van der Waals surface area contributed by atoms with E-state index in [1.165, 1.54) is 12.1 Å². The van der Waals surface area contributed by atoms with Crippen LogP contribution in [0.25, 0.3) is 0 Å². The van der Waals surface area contributed by atoms with Crippen LogP contribution in [0.5, 0.6) is 0 Å². The summed E-state index contributed by atoms with van der Waals surface area (Å²) in [6.07, 6.45) is 0. The fraction of sp³-hybridized carbons (Fsp3) is 0.364. The van der Waals surface area contributed by atoms with Crippen LogP contribution >= 0.6 is 15.9 Å². The third-order valence-corrected chi connectivity index (χ3v) is 4.36. The molecular weight excluding hydrogens is 322 g/mol. The van der Waals surface area contributed by atoms with Crippen LogP contribution in [0.3, 0.4) is 0 Å². The topological polar surface area (TPSA) is 86.3 Å². The van der Waals surface area contributed by atoms with Crippen LogP contribution in [-0.4, -0.2) is 19.9 Å². The highest BCUT2D eigenvalue weighted by molar-refractivity contribution is 9.10. The van der Waals surface area contributed by atoms with Crippen molar-refractivity contribution in [2.75, 3.05) is 0 Å². The molecule has 1 aromatic carbocycles. The summed E-state index contributed by atoms with van der Waals surface area (Å²) in [7, 11) is -3.75. The molecule has 0 aliphatic carbocycles. The van der Waals surface area contributed by atoms with Crippen LogP contribution in [0.2, 0.25) is 0 Å². The van der Waals surface area contributed by atoms with Crippen molar-refractivity contribution in [3.8, 4) is 0 Å². The number of carboxylic acid groups (broad SMARTS) is 1. The van der Waals surface area contributed by atoms with Crippen LogP contribution in [-0.2, 0) is 10.0 Å². The minimum absolute atomic E-state index is 0.111. The number of hydrogen-bond acceptors (Lipinski definition) is 4. The van der Waals surface area contributed by atoms with E-state index >= 15 is 0 Å². The average Bonchev–Trinajstić information content (AvgIpc) is 2.13. The van der Waals surface area contributed by atoms with E-state index in [0.29, 0.717) is 0 Å². The molecule has 0 saturated carbocycles. The molecule has 1 aromatic rings. The van der Waals surface area contributed by atoms with Crippen molar-refractivity contribution < 1.29 is 18.3 Å². The third kappa shape index (κ3) is 3.79. The van der Waals surface area contributed by atoms with Crippen molar-refractivity contribution in [1.29, 1.82) is 0 Å². The highest BCUT2D eigenvalue weighted by Crippen LogP contribution is 2.21. The molecule has 0 bridgehead atoms. The highest BCUT2D eigenvalue weighted by Gasteiger charge is 2.22. The number of carboxylic acids is 1. The minimum atomic E-state index is -3.75. The number of carbonyl (C=O) groups excluding carboxylic acids is 1. The molecule has 0 spiro atoms. The minimum Gasteiger partial charge on any atom is -0.545 e. The molecule has 0 unspecified atom stereocenters. The Morgan fingerprint density at radius 1 is 1.33 bits per heavy atom. The summed E-state index contributed by atoms with van der Waals surface area (Å²) in [4.78, 5) is 10.7. The summed E-state index contributed by atoms with van der Waals surface area (Å²) in [5, 5.41) is 10.8. The van der Waals surface area contributed by atoms with Gasteiger partial charge in [-0.3, -0.25) is 0 Å². The number of carbonyl (C=O) groups is 1. The normalized spacial score (nSPS) is 12.4. The van der Waals surface area contributed by atoms with Crippen LogP contribution in [0, 0.1) is 0 Å². The van der Waals surface area contributed by atoms with Gasteiger partial charge >= 0.3 is 0 Å². The summed E-state index contributed by atoms with van der Waals surface area (Å²) in [5.74, 6) is -1.44. The summed E-state index contributed by atoms with van der Waals surface area (Å²) >= 11 is 3.02. The van der Waals surface area contributed by atoms with Crippen molar-refractivity contribution in [1.82, 2.24) is 4.72 Å². The molecule has 0 amide bonds. The number of nitrogens with one attached hydrogen (secondary N) is 1. The van der Waals surface area contributed by atoms with Gasteiger partial charge in [0.05, 0.1) is 10.9 Å². The Balaban J connectivity index is 3.27. The lowest BCUT2D eigenvalue weighted by Crippen LogP contribution is -2.40. The lowest BCUT2D eigenvalue weighted by atomic mass is 10.1. The smallest absolute Gasteiger partial charge is 0.241 e. The zero-order valence-electron chi connectivity index (χ0n) is 10.2. The van der Waals surface area contributed by atoms with Gasteiger partial charge in [-0.1, -0.05) is 15.9 Å². The Labute approximate surface area is 114 Å². The summed E-state index contributed by atoms with van der Waals surface area (Å²) in [6, 6.07) is 3.75. The Bertz CT molecular complexity index is 575. The maximum Gasteiger partial charge on any atom is 0.241 e. The second-order valence-corrected chi connectivity index (χ2v) is 7.32. The molecule has 5 nitrogen and oxygen atoms in total. The van der Waals surface area contributed by atoms with Gasteiger partial charge in [-0.05, 0) is 39.0 Å². The second kappa shape index (κ2) is 4.99. The van der Waals surface area contributed by atoms with Gasteiger partial charge in [0, 0.05) is 15.6 Å². The van der Waals surface area contributed by atoms with E-state index in [-0.39, 0.29) is 14.9 Å². The molecule has 0 fully saturated rings. The van der Waals surface area contributed by atoms with Gasteiger partial charge in [-0.25, -0.2) is 13.1 Å². The number of halogens is 1. The fourth-order valence-corrected chi connectivity index (χ4v) is 3.14. The van der Waals surface area contributed by atoms with Crippen LogP contribution in [0.4, 0.5) is 0 Å². The van der Waals surface area contributed by atoms with E-state index in [1.807, 2.05) is 0 Å². The van der Waals surface area contributed by atoms with Crippen LogP contribution < -0.4 is 9.83 Å². The molecule has 0 heterocycles. The molecule has 18 heavy (non-hydrogen) atoms. The molecule has 1 N–H and O–H groups in total. The summed E-state index contributed by atoms with van der Waals surface area (Å²) in [6.45, 7) is 5.09. The van der Waals surface area contributed by atoms with E-state index in [1.54, 1.807) is 20.8 Å². The highest BCUT2D eigenvalue weighted by atomic mass is 79.9. The maximum absolute atomic E-state index is 12.0. The molecule has 0 aliphatic heterocycles. The molecule has 0 radical (unpaired) electrons. The van der Waals surface area contributed by atoms with Gasteiger partial charge in [0.1, 0.15) is 0 Å². The Hall–Kier alpha value is -0.920. The van der Waals surface area contributed by atoms with Gasteiger partial charge in [-0.2, -0.15) is 0 Å². The first-order valence-corrected chi connectivity index (χ1v) is 7.35. The van der Waals surface area contributed by atoms with Gasteiger partial charge in [0.25, 0.3) is 0 Å². The van der Waals surface area contributed by atoms with Crippen LogP contribution in [0.15, 0.2) is 27.6 Å². The van der Waals surface area contributed by atoms with Gasteiger partial charge in [0.2, 0.25) is 10.0 Å². The SMILES string of the molecule is CC(C)(C)NS(=O)(=O)c1ccc(Br)c(C(=O)[O-])c1. The van der Waals surface area contributed by atoms with E-state index in [9.17, 15) is 18.3 Å². The predicted molar refractivity (Wildman–Crippen MR) is 68.5 cm³/mol. The predicted octanol–water partition coefficient (Wildman–Crippen LogP) is 0.889. The largest absolute Gasteiger partial charge is 0.545 e. The quantitative estimate of drug-likeness (QED) is 0.889. The monoisotopic (exact) mass is 334 g/mol. The first kappa shape index (κ1) is 15.1. The second-order valence-electron chi connectivity index (χ2n) is 4.78. The van der Waals surface area contributed by atoms with Crippen molar-refractivity contribution in [3.05, 3.63) is 28.2 Å². The molecule has 0 atom stereocenters. The Morgan fingerprint density at radius 3 is 2.33 bits per heavy atom. The number of hydrogen-bond donors (Lipinski definition) is 1. The third-order valence-electron chi connectivity index (χ3n) is 1.91. The van der Waals surface area contributed by atoms with E-state index in [4.69, 9.17) is 0 Å². The molecular formula is C11H13BrNO4S-. The number of rotatable bonds is 3. The Morgan fingerprint density at radius 2 is 1.89 bits per heavy atom. The molecule has 100 valence electrons. The van der Waals surface area contributed by atoms with Gasteiger partial charge < -0.3 is 9.90 Å². The zero-order chi connectivity index (χ0) is 14.1. The summed E-state index contributed by atoms with van der Waals surface area (Å²) in [5.41, 5.74) is -0.847. The number of sulfonamides is 1. The number of aromatic carboxylic acids is 1. The number of benzene rings is 1. The van der Waals surface area contributed by atoms with E-state index in [0.717, 1.165) is 6.07 Å². The lowest BCUT2D eigenvalue weighted by molar-refractivity contribution is -0.255. The van der Waals surface area contributed by atoms with Crippen molar-refractivity contribution >= 4 is 31.9 Å². The molecule has 0 aliphatic rings. The van der Waals surface area contributed by atoms with E-state index < -0.39 is 21.5 Å². The van der Waals surface area contributed by atoms with Crippen molar-refractivity contribution in [2.45, 2.75) is 31.2 Å². The molecule has 0 aromatic heterocycles. The van der Waals surface area contributed by atoms with Crippen molar-refractivity contribution in [2.24, 2.45) is 0 Å². The Kier molecular flexibility index (Phi) is 4.19. The first-order chi connectivity index (χ1) is 8.03. The summed E-state index contributed by atoms with van der Waals surface area (Å²) < 4.78 is 26.7. The lowest BCUT2D eigenvalue weighted by Gasteiger charge is -2.20. The maximum atomic E-state index is 12.0. The van der Waals surface area contributed by atoms with Crippen molar-refractivity contribution in [3.63, 3.8) is 0 Å². The zero-order valence-corrected chi connectivity index (χ0v) is 12.6.